The lowest BCUT2D eigenvalue weighted by Crippen LogP contribution is -2.47. The van der Waals surface area contributed by atoms with Crippen molar-refractivity contribution in [2.75, 3.05) is 35.2 Å². The lowest BCUT2D eigenvalue weighted by atomic mass is 9.90. The molecule has 0 spiro atoms. The topological polar surface area (TPSA) is 173 Å². The molecule has 16 heteroatoms. The number of ether oxygens (including phenoxy) is 3. The van der Waals surface area contributed by atoms with E-state index in [1.165, 1.54) is 6.92 Å². The number of nitro groups is 1. The number of hydrogen-bond acceptors (Lipinski definition) is 13. The molecule has 0 aromatic heterocycles. The van der Waals surface area contributed by atoms with E-state index >= 15 is 0 Å². The second-order valence-electron chi connectivity index (χ2n) is 28.8. The van der Waals surface area contributed by atoms with Crippen LogP contribution in [0.15, 0.2) is 36.4 Å². The summed E-state index contributed by atoms with van der Waals surface area (Å²) >= 11 is 0. The molecule has 0 amide bonds. The molecular formula is C65H118N4O10Si2. The summed E-state index contributed by atoms with van der Waals surface area (Å²) in [5, 5.41) is 12.7. The van der Waals surface area contributed by atoms with Crippen LogP contribution in [0.4, 0.5) is 22.7 Å². The Hall–Kier alpha value is -4.00. The van der Waals surface area contributed by atoms with Crippen LogP contribution in [0, 0.1) is 22.0 Å². The van der Waals surface area contributed by atoms with Gasteiger partial charge in [0.15, 0.2) is 16.6 Å². The number of esters is 3. The van der Waals surface area contributed by atoms with Crippen LogP contribution in [0.5, 0.6) is 0 Å². The molecule has 2 saturated carbocycles. The van der Waals surface area contributed by atoms with E-state index in [-0.39, 0.29) is 76.4 Å². The van der Waals surface area contributed by atoms with E-state index in [2.05, 4.69) is 135 Å². The maximum atomic E-state index is 12.4. The molecule has 466 valence electrons. The molecule has 4 rings (SSSR count). The Morgan fingerprint density at radius 2 is 0.963 bits per heavy atom. The number of nitrogen functional groups attached to an aromatic ring is 1. The Bertz CT molecular complexity index is 2260. The minimum Gasteiger partial charge on any atom is -0.466 e. The number of hydrogen-bond donors (Lipinski definition) is 1. The summed E-state index contributed by atoms with van der Waals surface area (Å²) in [7, 11) is -3.58. The van der Waals surface area contributed by atoms with Gasteiger partial charge in [0, 0.05) is 50.4 Å². The van der Waals surface area contributed by atoms with Crippen molar-refractivity contribution in [1.82, 2.24) is 0 Å². The zero-order valence-electron chi connectivity index (χ0n) is 54.8. The SMILES string of the molecule is C.CC(C)CN(c1ccc([C@H](C)CC(=O)OC(C)(C)C)cc1N)C1CCC(O[Si](C)(C)C(C)(C)C)CC1.CC(C)CN(c1ccc([C@H](C)CC(=O)OC(C)(C)C)cc1[N+](=O)[O-])C1CCC(O[Si](C)(C)C(C)(C)C)CC1.CCOC(C)=O. The average Bonchev–Trinajstić information content (AvgIpc) is 3.28. The van der Waals surface area contributed by atoms with Crippen molar-refractivity contribution in [2.24, 2.45) is 11.8 Å². The Balaban J connectivity index is 0.000000727. The van der Waals surface area contributed by atoms with Crippen molar-refractivity contribution in [2.45, 2.75) is 294 Å². The molecule has 2 aromatic rings. The predicted molar refractivity (Wildman–Crippen MR) is 344 cm³/mol. The first-order valence-corrected chi connectivity index (χ1v) is 35.9. The molecule has 2 fully saturated rings. The standard InChI is InChI=1S/C30H52N2O5Si.C30H54N2O3Si.C4H8O2.CH4/c1-21(2)20-31(24-13-15-25(16-14-24)37-38(10,11)30(7,8)9)26-17-12-23(19-27(26)32(34)35)22(3)18-28(33)36-29(4,5)6;1-21(2)20-32(24-13-15-25(16-14-24)35-36(10,11)30(7,8)9)27-17-12-23(19-26(27)31)22(3)18-28(33)34-29(4,5)6;1-3-6-4(2)5;/h12,17,19,21-22,24-25H,13-16,18,20H2,1-11H3;12,17,19,21-22,24-25H,13-16,18,20,31H2,1-11H3;3H2,1-2H3;1H4/t2*22-,24?,25?;;/m11../s1. The number of carbonyl (C=O) groups excluding carboxylic acids is 3. The molecule has 0 heterocycles. The van der Waals surface area contributed by atoms with Gasteiger partial charge in [0.25, 0.3) is 5.69 Å². The van der Waals surface area contributed by atoms with Gasteiger partial charge in [-0.2, -0.15) is 0 Å². The van der Waals surface area contributed by atoms with Gasteiger partial charge in [0.2, 0.25) is 0 Å². The highest BCUT2D eigenvalue weighted by Crippen LogP contribution is 2.43. The summed E-state index contributed by atoms with van der Waals surface area (Å²) in [5.41, 5.74) is 10.2. The second kappa shape index (κ2) is 31.8. The van der Waals surface area contributed by atoms with Crippen molar-refractivity contribution >= 4 is 57.3 Å². The quantitative estimate of drug-likeness (QED) is 0.0332. The molecule has 2 N–H and O–H groups in total. The van der Waals surface area contributed by atoms with Crippen molar-refractivity contribution in [3.8, 4) is 0 Å². The summed E-state index contributed by atoms with van der Waals surface area (Å²) in [6.07, 6.45) is 9.51. The van der Waals surface area contributed by atoms with Crippen LogP contribution in [0.25, 0.3) is 0 Å². The Kier molecular flexibility index (Phi) is 29.4. The fraction of sp³-hybridized carbons (Fsp3) is 0.769. The Labute approximate surface area is 495 Å². The first kappa shape index (κ1) is 75.0. The minimum atomic E-state index is -1.83. The minimum absolute atomic E-state index is 0. The monoisotopic (exact) mass is 1170 g/mol. The average molecular weight is 1170 g/mol. The highest BCUT2D eigenvalue weighted by atomic mass is 28.4. The van der Waals surface area contributed by atoms with Crippen molar-refractivity contribution in [3.05, 3.63) is 57.6 Å². The van der Waals surface area contributed by atoms with Gasteiger partial charge in [-0.05, 0) is 189 Å². The first-order chi connectivity index (χ1) is 36.5. The maximum absolute atomic E-state index is 12.4. The highest BCUT2D eigenvalue weighted by molar-refractivity contribution is 6.74. The van der Waals surface area contributed by atoms with Crippen molar-refractivity contribution in [3.63, 3.8) is 0 Å². The summed E-state index contributed by atoms with van der Waals surface area (Å²) < 4.78 is 28.8. The number of carbonyl (C=O) groups is 3. The number of nitrogens with two attached hydrogens (primary N) is 1. The zero-order chi connectivity index (χ0) is 61.5. The van der Waals surface area contributed by atoms with Gasteiger partial charge in [-0.15, -0.1) is 0 Å². The Morgan fingerprint density at radius 1 is 0.617 bits per heavy atom. The maximum Gasteiger partial charge on any atom is 0.306 e. The molecule has 2 aromatic carbocycles. The van der Waals surface area contributed by atoms with E-state index in [1.54, 1.807) is 13.0 Å². The Morgan fingerprint density at radius 3 is 1.25 bits per heavy atom. The van der Waals surface area contributed by atoms with Crippen molar-refractivity contribution < 1.29 is 42.4 Å². The van der Waals surface area contributed by atoms with Gasteiger partial charge < -0.3 is 38.6 Å². The fourth-order valence-corrected chi connectivity index (χ4v) is 12.7. The van der Waals surface area contributed by atoms with Gasteiger partial charge in [-0.25, -0.2) is 0 Å². The number of rotatable bonds is 20. The third kappa shape index (κ3) is 25.8. The second-order valence-corrected chi connectivity index (χ2v) is 38.4. The first-order valence-electron chi connectivity index (χ1n) is 30.1. The van der Waals surface area contributed by atoms with E-state index in [0.29, 0.717) is 42.7 Å². The number of anilines is 3. The molecule has 0 radical (unpaired) electrons. The summed E-state index contributed by atoms with van der Waals surface area (Å²) in [5.74, 6) is 0.0952. The third-order valence-electron chi connectivity index (χ3n) is 16.0. The van der Waals surface area contributed by atoms with Crippen LogP contribution in [-0.4, -0.2) is 94.7 Å². The van der Waals surface area contributed by atoms with Crippen LogP contribution in [0.3, 0.4) is 0 Å². The van der Waals surface area contributed by atoms with Crippen LogP contribution >= 0.6 is 0 Å². The number of nitro benzene ring substituents is 1. The molecule has 2 aliphatic carbocycles. The normalized spacial score (nSPS) is 18.9. The van der Waals surface area contributed by atoms with E-state index in [4.69, 9.17) is 24.1 Å². The zero-order valence-corrected chi connectivity index (χ0v) is 56.8. The van der Waals surface area contributed by atoms with Gasteiger partial charge in [-0.3, -0.25) is 24.5 Å². The lowest BCUT2D eigenvalue weighted by Gasteiger charge is -2.44. The molecule has 0 aliphatic heterocycles. The molecule has 2 atom stereocenters. The fourth-order valence-electron chi connectivity index (χ4n) is 9.89. The van der Waals surface area contributed by atoms with E-state index in [9.17, 15) is 24.5 Å². The smallest absolute Gasteiger partial charge is 0.306 e. The molecular weight excluding hydrogens is 1050 g/mol. The molecule has 0 saturated heterocycles. The molecule has 0 bridgehead atoms. The van der Waals surface area contributed by atoms with Crippen LogP contribution in [0.2, 0.25) is 36.3 Å². The van der Waals surface area contributed by atoms with Gasteiger partial charge in [-0.1, -0.05) is 103 Å². The summed E-state index contributed by atoms with van der Waals surface area (Å²) in [4.78, 5) is 51.3. The molecule has 14 nitrogen and oxygen atoms in total. The van der Waals surface area contributed by atoms with Crippen LogP contribution in [0.1, 0.15) is 233 Å². The van der Waals surface area contributed by atoms with E-state index < -0.39 is 27.8 Å². The summed E-state index contributed by atoms with van der Waals surface area (Å²) in [6.45, 7) is 52.5. The molecule has 2 aliphatic rings. The van der Waals surface area contributed by atoms with Crippen molar-refractivity contribution in [1.29, 1.82) is 0 Å². The third-order valence-corrected chi connectivity index (χ3v) is 25.0. The van der Waals surface area contributed by atoms with E-state index in [0.717, 1.165) is 87.0 Å². The van der Waals surface area contributed by atoms with E-state index in [1.807, 2.05) is 60.6 Å². The van der Waals surface area contributed by atoms with Crippen LogP contribution < -0.4 is 15.5 Å². The van der Waals surface area contributed by atoms with Gasteiger partial charge >= 0.3 is 17.9 Å². The lowest BCUT2D eigenvalue weighted by molar-refractivity contribution is -0.384. The van der Waals surface area contributed by atoms with Gasteiger partial charge in [0.1, 0.15) is 16.9 Å². The number of benzene rings is 2. The van der Waals surface area contributed by atoms with Gasteiger partial charge in [0.05, 0.1) is 35.7 Å². The molecule has 0 unspecified atom stereocenters. The predicted octanol–water partition coefficient (Wildman–Crippen LogP) is 17.3. The largest absolute Gasteiger partial charge is 0.466 e. The van der Waals surface area contributed by atoms with Crippen LogP contribution in [-0.2, 0) is 37.4 Å². The highest BCUT2D eigenvalue weighted by Gasteiger charge is 2.42. The number of nitrogens with zero attached hydrogens (tertiary/aromatic N) is 3. The summed E-state index contributed by atoms with van der Waals surface area (Å²) in [6, 6.07) is 12.6. The molecule has 81 heavy (non-hydrogen) atoms.